The van der Waals surface area contributed by atoms with Crippen molar-refractivity contribution in [3.8, 4) is 0 Å². The van der Waals surface area contributed by atoms with Crippen LogP contribution in [0.15, 0.2) is 0 Å². The molecule has 0 bridgehead atoms. The quantitative estimate of drug-likeness (QED) is 0.528. The van der Waals surface area contributed by atoms with E-state index in [-0.39, 0.29) is 0 Å². The van der Waals surface area contributed by atoms with Gasteiger partial charge in [-0.15, -0.1) is 0 Å². The molecule has 0 saturated carbocycles. The predicted octanol–water partition coefficient (Wildman–Crippen LogP) is 2.09. The van der Waals surface area contributed by atoms with E-state index < -0.39 is 0 Å². The molecule has 1 rings (SSSR count). The van der Waals surface area contributed by atoms with Crippen LogP contribution >= 0.6 is 0 Å². The topological polar surface area (TPSA) is 3.24 Å². The summed E-state index contributed by atoms with van der Waals surface area (Å²) >= 11 is 0. The average molecular weight is 140 g/mol. The van der Waals surface area contributed by atoms with Crippen molar-refractivity contribution in [2.75, 3.05) is 19.6 Å². The Morgan fingerprint density at radius 2 is 2.00 bits per heavy atom. The van der Waals surface area contributed by atoms with Gasteiger partial charge in [-0.25, -0.2) is 0 Å². The first-order chi connectivity index (χ1) is 4.93. The molecule has 1 aliphatic heterocycles. The van der Waals surface area contributed by atoms with E-state index in [4.69, 9.17) is 0 Å². The minimum Gasteiger partial charge on any atom is -0.303 e. The van der Waals surface area contributed by atoms with Gasteiger partial charge in [0.2, 0.25) is 0 Å². The summed E-state index contributed by atoms with van der Waals surface area (Å²) in [6.45, 7) is 6.08. The number of likely N-dealkylation sites (tertiary alicyclic amines) is 1. The minimum atomic E-state index is 1.24. The summed E-state index contributed by atoms with van der Waals surface area (Å²) < 4.78 is 0. The molecular formula is C9H18N. The third kappa shape index (κ3) is 2.70. The molecule has 0 atom stereocenters. The highest BCUT2D eigenvalue weighted by Gasteiger charge is 2.11. The summed E-state index contributed by atoms with van der Waals surface area (Å²) in [5.41, 5.74) is 0. The van der Waals surface area contributed by atoms with Crippen molar-refractivity contribution in [1.29, 1.82) is 0 Å². The lowest BCUT2D eigenvalue weighted by atomic mass is 10.1. The third-order valence-corrected chi connectivity index (χ3v) is 2.10. The van der Waals surface area contributed by atoms with Crippen molar-refractivity contribution in [1.82, 2.24) is 4.90 Å². The smallest absolute Gasteiger partial charge is 0.00256 e. The molecule has 0 aromatic heterocycles. The van der Waals surface area contributed by atoms with Crippen LogP contribution < -0.4 is 0 Å². The Labute approximate surface area is 64.4 Å². The van der Waals surface area contributed by atoms with Crippen molar-refractivity contribution in [2.24, 2.45) is 0 Å². The SMILES string of the molecule is CCCCCCN1C[CH]C1. The number of rotatable bonds is 5. The number of hydrogen-bond donors (Lipinski definition) is 0. The maximum atomic E-state index is 2.50. The average Bonchev–Trinajstić information content (AvgIpc) is 1.84. The monoisotopic (exact) mass is 140 g/mol. The van der Waals surface area contributed by atoms with Gasteiger partial charge in [0.25, 0.3) is 0 Å². The summed E-state index contributed by atoms with van der Waals surface area (Å²) in [5.74, 6) is 0. The van der Waals surface area contributed by atoms with Crippen LogP contribution in [-0.4, -0.2) is 24.5 Å². The van der Waals surface area contributed by atoms with E-state index in [2.05, 4.69) is 18.2 Å². The first kappa shape index (κ1) is 8.06. The molecule has 59 valence electrons. The molecule has 1 saturated heterocycles. The zero-order chi connectivity index (χ0) is 7.23. The Hall–Kier alpha value is -0.0400. The molecule has 0 N–H and O–H groups in total. The lowest BCUT2D eigenvalue weighted by molar-refractivity contribution is 0.238. The first-order valence-corrected chi connectivity index (χ1v) is 4.47. The minimum absolute atomic E-state index is 1.24. The third-order valence-electron chi connectivity index (χ3n) is 2.10. The highest BCUT2D eigenvalue weighted by atomic mass is 15.2. The first-order valence-electron chi connectivity index (χ1n) is 4.47. The van der Waals surface area contributed by atoms with Gasteiger partial charge < -0.3 is 4.90 Å². The Kier molecular flexibility index (Phi) is 3.81. The summed E-state index contributed by atoms with van der Waals surface area (Å²) in [5, 5.41) is 0. The largest absolute Gasteiger partial charge is 0.303 e. The Bertz CT molecular complexity index is 76.8. The second-order valence-electron chi connectivity index (χ2n) is 3.11. The van der Waals surface area contributed by atoms with Crippen LogP contribution in [0, 0.1) is 6.42 Å². The van der Waals surface area contributed by atoms with Gasteiger partial charge in [-0.3, -0.25) is 0 Å². The van der Waals surface area contributed by atoms with Crippen LogP contribution in [0.5, 0.6) is 0 Å². The van der Waals surface area contributed by atoms with Crippen LogP contribution in [0.2, 0.25) is 0 Å². The molecule has 1 aliphatic rings. The van der Waals surface area contributed by atoms with Crippen molar-refractivity contribution < 1.29 is 0 Å². The van der Waals surface area contributed by atoms with Crippen LogP contribution in [0.3, 0.4) is 0 Å². The predicted molar refractivity (Wildman–Crippen MR) is 44.9 cm³/mol. The van der Waals surface area contributed by atoms with E-state index in [9.17, 15) is 0 Å². The molecule has 1 heterocycles. The highest BCUT2D eigenvalue weighted by molar-refractivity contribution is 4.85. The number of hydrogen-bond acceptors (Lipinski definition) is 1. The van der Waals surface area contributed by atoms with Gasteiger partial charge in [-0.1, -0.05) is 26.2 Å². The van der Waals surface area contributed by atoms with Crippen molar-refractivity contribution >= 4 is 0 Å². The molecule has 0 amide bonds. The van der Waals surface area contributed by atoms with Crippen molar-refractivity contribution in [3.63, 3.8) is 0 Å². The van der Waals surface area contributed by atoms with Crippen LogP contribution in [0.4, 0.5) is 0 Å². The maximum Gasteiger partial charge on any atom is 0.00256 e. The normalized spacial score (nSPS) is 18.9. The molecule has 1 fully saturated rings. The van der Waals surface area contributed by atoms with Crippen LogP contribution in [-0.2, 0) is 0 Å². The van der Waals surface area contributed by atoms with E-state index in [1.165, 1.54) is 45.3 Å². The summed E-state index contributed by atoms with van der Waals surface area (Å²) in [6.07, 6.45) is 7.93. The van der Waals surface area contributed by atoms with Gasteiger partial charge in [-0.2, -0.15) is 0 Å². The number of nitrogens with zero attached hydrogens (tertiary/aromatic N) is 1. The van der Waals surface area contributed by atoms with Crippen LogP contribution in [0.25, 0.3) is 0 Å². The molecule has 0 unspecified atom stereocenters. The Balaban J connectivity index is 1.76. The second kappa shape index (κ2) is 4.73. The standard InChI is InChI=1S/C9H18N/c1-2-3-4-5-7-10-8-6-9-10/h6H,2-5,7-9H2,1H3. The van der Waals surface area contributed by atoms with E-state index >= 15 is 0 Å². The lowest BCUT2D eigenvalue weighted by Gasteiger charge is -2.30. The molecule has 1 nitrogen and oxygen atoms in total. The van der Waals surface area contributed by atoms with Gasteiger partial charge in [0.1, 0.15) is 0 Å². The van der Waals surface area contributed by atoms with Crippen molar-refractivity contribution in [3.05, 3.63) is 6.42 Å². The van der Waals surface area contributed by atoms with Crippen molar-refractivity contribution in [2.45, 2.75) is 32.6 Å². The summed E-state index contributed by atoms with van der Waals surface area (Å²) in [6, 6.07) is 0. The second-order valence-corrected chi connectivity index (χ2v) is 3.11. The molecule has 0 aromatic rings. The molecule has 1 heteroatoms. The van der Waals surface area contributed by atoms with Gasteiger partial charge in [0, 0.05) is 13.1 Å². The molecular weight excluding hydrogens is 122 g/mol. The highest BCUT2D eigenvalue weighted by Crippen LogP contribution is 2.07. The Morgan fingerprint density at radius 1 is 1.20 bits per heavy atom. The fourth-order valence-electron chi connectivity index (χ4n) is 1.26. The molecule has 10 heavy (non-hydrogen) atoms. The summed E-state index contributed by atoms with van der Waals surface area (Å²) in [4.78, 5) is 2.50. The molecule has 0 aromatic carbocycles. The van der Waals surface area contributed by atoms with E-state index in [0.29, 0.717) is 0 Å². The van der Waals surface area contributed by atoms with Gasteiger partial charge >= 0.3 is 0 Å². The van der Waals surface area contributed by atoms with Crippen LogP contribution in [0.1, 0.15) is 32.6 Å². The molecule has 0 spiro atoms. The van der Waals surface area contributed by atoms with Gasteiger partial charge in [0.15, 0.2) is 0 Å². The van der Waals surface area contributed by atoms with Gasteiger partial charge in [0.05, 0.1) is 0 Å². The summed E-state index contributed by atoms with van der Waals surface area (Å²) in [7, 11) is 0. The number of unbranched alkanes of at least 4 members (excludes halogenated alkanes) is 3. The zero-order valence-corrected chi connectivity index (χ0v) is 6.97. The van der Waals surface area contributed by atoms with E-state index in [1.807, 2.05) is 0 Å². The lowest BCUT2D eigenvalue weighted by Crippen LogP contribution is -2.38. The fraction of sp³-hybridized carbons (Fsp3) is 0.889. The molecule has 1 radical (unpaired) electrons. The van der Waals surface area contributed by atoms with E-state index in [0.717, 1.165) is 0 Å². The molecule has 0 aliphatic carbocycles. The van der Waals surface area contributed by atoms with E-state index in [1.54, 1.807) is 0 Å². The maximum absolute atomic E-state index is 2.50. The fourth-order valence-corrected chi connectivity index (χ4v) is 1.26. The zero-order valence-electron chi connectivity index (χ0n) is 6.97. The Morgan fingerprint density at radius 3 is 2.50 bits per heavy atom. The van der Waals surface area contributed by atoms with Gasteiger partial charge in [-0.05, 0) is 19.4 Å².